The van der Waals surface area contributed by atoms with Crippen molar-refractivity contribution in [2.45, 2.75) is 12.2 Å². The number of hydrogen-bond donors (Lipinski definition) is 1. The number of nitrogens with zero attached hydrogens (tertiary/aromatic N) is 1. The minimum absolute atomic E-state index is 0.121. The lowest BCUT2D eigenvalue weighted by Crippen LogP contribution is -2.29. The van der Waals surface area contributed by atoms with Gasteiger partial charge in [-0.15, -0.1) is 0 Å². The van der Waals surface area contributed by atoms with Crippen LogP contribution in [0.4, 0.5) is 0 Å². The number of nitrogens with one attached hydrogen (secondary N) is 1. The molecule has 0 saturated carbocycles. The van der Waals surface area contributed by atoms with E-state index in [0.29, 0.717) is 35.1 Å². The van der Waals surface area contributed by atoms with Crippen LogP contribution in [-0.2, 0) is 20.6 Å². The largest absolute Gasteiger partial charge is 0.303 e. The molecule has 0 aromatic heterocycles. The zero-order valence-electron chi connectivity index (χ0n) is 11.4. The number of rotatable bonds is 8. The van der Waals surface area contributed by atoms with Gasteiger partial charge in [-0.25, -0.2) is 13.1 Å². The van der Waals surface area contributed by atoms with Crippen molar-refractivity contribution in [2.24, 2.45) is 0 Å². The summed E-state index contributed by atoms with van der Waals surface area (Å²) in [6, 6.07) is 4.79. The Kier molecular flexibility index (Phi) is 7.22. The SMILES string of the molecule is CON(C)CCCNS(=O)(=O)Cc1ccc(Cl)c(Cl)c1. The van der Waals surface area contributed by atoms with Crippen LogP contribution >= 0.6 is 23.2 Å². The van der Waals surface area contributed by atoms with Gasteiger partial charge in [-0.05, 0) is 24.1 Å². The summed E-state index contributed by atoms with van der Waals surface area (Å²) in [6.45, 7) is 1.00. The van der Waals surface area contributed by atoms with E-state index in [2.05, 4.69) is 4.72 Å². The first-order valence-corrected chi connectivity index (χ1v) is 8.41. The van der Waals surface area contributed by atoms with E-state index < -0.39 is 10.0 Å². The predicted octanol–water partition coefficient (Wildman–Crippen LogP) is 2.30. The van der Waals surface area contributed by atoms with Crippen LogP contribution in [0.1, 0.15) is 12.0 Å². The molecule has 20 heavy (non-hydrogen) atoms. The van der Waals surface area contributed by atoms with Crippen molar-refractivity contribution in [3.05, 3.63) is 33.8 Å². The molecule has 1 aromatic carbocycles. The molecule has 1 aromatic rings. The fraction of sp³-hybridized carbons (Fsp3) is 0.500. The summed E-state index contributed by atoms with van der Waals surface area (Å²) in [4.78, 5) is 4.93. The topological polar surface area (TPSA) is 58.6 Å². The maximum Gasteiger partial charge on any atom is 0.215 e. The Balaban J connectivity index is 2.47. The molecule has 0 aliphatic rings. The van der Waals surface area contributed by atoms with Gasteiger partial charge >= 0.3 is 0 Å². The standard InChI is InChI=1S/C12H18Cl2N2O3S/c1-16(19-2)7-3-6-15-20(17,18)9-10-4-5-11(13)12(14)8-10/h4-5,8,15H,3,6-7,9H2,1-2H3. The molecule has 0 heterocycles. The van der Waals surface area contributed by atoms with E-state index in [9.17, 15) is 8.42 Å². The molecule has 114 valence electrons. The van der Waals surface area contributed by atoms with Gasteiger partial charge < -0.3 is 4.84 Å². The summed E-state index contributed by atoms with van der Waals surface area (Å²) in [6.07, 6.45) is 0.658. The van der Waals surface area contributed by atoms with Gasteiger partial charge in [0.1, 0.15) is 0 Å². The van der Waals surface area contributed by atoms with Crippen LogP contribution in [-0.4, -0.2) is 40.7 Å². The molecule has 0 aliphatic carbocycles. The zero-order valence-corrected chi connectivity index (χ0v) is 13.7. The van der Waals surface area contributed by atoms with E-state index in [0.717, 1.165) is 0 Å². The summed E-state index contributed by atoms with van der Waals surface area (Å²) in [5.74, 6) is -0.121. The van der Waals surface area contributed by atoms with Gasteiger partial charge in [0.05, 0.1) is 22.9 Å². The fourth-order valence-electron chi connectivity index (χ4n) is 1.52. The lowest BCUT2D eigenvalue weighted by Gasteiger charge is -2.13. The van der Waals surface area contributed by atoms with Crippen molar-refractivity contribution in [2.75, 3.05) is 27.2 Å². The Morgan fingerprint density at radius 3 is 2.60 bits per heavy atom. The van der Waals surface area contributed by atoms with Crippen LogP contribution in [0.25, 0.3) is 0 Å². The number of sulfonamides is 1. The second-order valence-corrected chi connectivity index (χ2v) is 6.91. The summed E-state index contributed by atoms with van der Waals surface area (Å²) in [5.41, 5.74) is 0.598. The van der Waals surface area contributed by atoms with Crippen molar-refractivity contribution >= 4 is 33.2 Å². The van der Waals surface area contributed by atoms with Gasteiger partial charge in [-0.3, -0.25) is 0 Å². The van der Waals surface area contributed by atoms with Crippen molar-refractivity contribution < 1.29 is 13.3 Å². The Labute approximate surface area is 129 Å². The Hall–Kier alpha value is -0.370. The first-order valence-electron chi connectivity index (χ1n) is 6.00. The molecule has 0 unspecified atom stereocenters. The van der Waals surface area contributed by atoms with Gasteiger partial charge in [-0.2, -0.15) is 5.06 Å². The highest BCUT2D eigenvalue weighted by Crippen LogP contribution is 2.23. The van der Waals surface area contributed by atoms with E-state index in [-0.39, 0.29) is 5.75 Å². The summed E-state index contributed by atoms with van der Waals surface area (Å²) in [7, 11) is -0.0341. The van der Waals surface area contributed by atoms with E-state index in [1.165, 1.54) is 0 Å². The predicted molar refractivity (Wildman–Crippen MR) is 81.3 cm³/mol. The number of hydroxylamine groups is 2. The molecule has 1 N–H and O–H groups in total. The van der Waals surface area contributed by atoms with Crippen LogP contribution in [0.3, 0.4) is 0 Å². The Morgan fingerprint density at radius 1 is 1.30 bits per heavy atom. The third-order valence-electron chi connectivity index (χ3n) is 2.62. The van der Waals surface area contributed by atoms with E-state index in [1.54, 1.807) is 37.4 Å². The highest BCUT2D eigenvalue weighted by Gasteiger charge is 2.12. The fourth-order valence-corrected chi connectivity index (χ4v) is 3.02. The molecule has 0 spiro atoms. The maximum atomic E-state index is 11.9. The number of halogens is 2. The number of hydrogen-bond acceptors (Lipinski definition) is 4. The second kappa shape index (κ2) is 8.17. The van der Waals surface area contributed by atoms with Crippen LogP contribution in [0.2, 0.25) is 10.0 Å². The molecule has 0 saturated heterocycles. The van der Waals surface area contributed by atoms with Crippen molar-refractivity contribution in [3.8, 4) is 0 Å². The van der Waals surface area contributed by atoms with Gasteiger partial charge in [0.25, 0.3) is 0 Å². The molecule has 0 atom stereocenters. The molecule has 0 amide bonds. The first-order chi connectivity index (χ1) is 9.34. The summed E-state index contributed by atoms with van der Waals surface area (Å²) < 4.78 is 26.3. The molecule has 0 aliphatic heterocycles. The normalized spacial score (nSPS) is 12.1. The molecule has 8 heteroatoms. The minimum Gasteiger partial charge on any atom is -0.303 e. The molecule has 0 fully saturated rings. The van der Waals surface area contributed by atoms with Crippen LogP contribution < -0.4 is 4.72 Å². The summed E-state index contributed by atoms with van der Waals surface area (Å²) in [5, 5.41) is 2.39. The van der Waals surface area contributed by atoms with Gasteiger partial charge in [0.15, 0.2) is 0 Å². The quantitative estimate of drug-likeness (QED) is 0.582. The van der Waals surface area contributed by atoms with E-state index in [1.807, 2.05) is 0 Å². The van der Waals surface area contributed by atoms with E-state index in [4.69, 9.17) is 28.0 Å². The average Bonchev–Trinajstić information content (AvgIpc) is 2.38. The smallest absolute Gasteiger partial charge is 0.215 e. The second-order valence-electron chi connectivity index (χ2n) is 4.29. The van der Waals surface area contributed by atoms with Crippen LogP contribution in [0.15, 0.2) is 18.2 Å². The van der Waals surface area contributed by atoms with E-state index >= 15 is 0 Å². The lowest BCUT2D eigenvalue weighted by molar-refractivity contribution is -0.109. The maximum absolute atomic E-state index is 11.9. The Morgan fingerprint density at radius 2 is 2.00 bits per heavy atom. The monoisotopic (exact) mass is 340 g/mol. The van der Waals surface area contributed by atoms with Gasteiger partial charge in [0.2, 0.25) is 10.0 Å². The summed E-state index contributed by atoms with van der Waals surface area (Å²) >= 11 is 11.6. The molecular weight excluding hydrogens is 323 g/mol. The molecule has 0 bridgehead atoms. The highest BCUT2D eigenvalue weighted by molar-refractivity contribution is 7.88. The highest BCUT2D eigenvalue weighted by atomic mass is 35.5. The van der Waals surface area contributed by atoms with Gasteiger partial charge in [0, 0.05) is 20.1 Å². The van der Waals surface area contributed by atoms with Crippen molar-refractivity contribution in [1.29, 1.82) is 0 Å². The molecule has 5 nitrogen and oxygen atoms in total. The number of benzene rings is 1. The van der Waals surface area contributed by atoms with Crippen molar-refractivity contribution in [3.63, 3.8) is 0 Å². The molecule has 0 radical (unpaired) electrons. The minimum atomic E-state index is -3.38. The molecule has 1 rings (SSSR count). The molecular formula is C12H18Cl2N2O3S. The zero-order chi connectivity index (χ0) is 15.2. The van der Waals surface area contributed by atoms with Crippen LogP contribution in [0.5, 0.6) is 0 Å². The Bertz CT molecular complexity index is 538. The average molecular weight is 341 g/mol. The first kappa shape index (κ1) is 17.7. The third-order valence-corrected chi connectivity index (χ3v) is 4.72. The van der Waals surface area contributed by atoms with Crippen molar-refractivity contribution in [1.82, 2.24) is 9.79 Å². The third kappa shape index (κ3) is 6.39. The lowest BCUT2D eigenvalue weighted by atomic mass is 10.2. The van der Waals surface area contributed by atoms with Gasteiger partial charge in [-0.1, -0.05) is 29.3 Å². The van der Waals surface area contributed by atoms with Crippen LogP contribution in [0, 0.1) is 0 Å².